The van der Waals surface area contributed by atoms with Crippen LogP contribution in [-0.4, -0.2) is 5.91 Å². The second-order valence-electron chi connectivity index (χ2n) is 5.19. The van der Waals surface area contributed by atoms with Gasteiger partial charge in [0.05, 0.1) is 11.8 Å². The van der Waals surface area contributed by atoms with E-state index in [2.05, 4.69) is 27.3 Å². The number of rotatable bonds is 2. The fourth-order valence-corrected chi connectivity index (χ4v) is 3.10. The minimum absolute atomic E-state index is 0.167. The van der Waals surface area contributed by atoms with Gasteiger partial charge in [0.2, 0.25) is 5.91 Å². The summed E-state index contributed by atoms with van der Waals surface area (Å²) in [5.74, 6) is -0.167. The van der Waals surface area contributed by atoms with Gasteiger partial charge in [-0.15, -0.1) is 0 Å². The molecule has 1 aliphatic rings. The molecule has 0 spiro atoms. The fourth-order valence-electron chi connectivity index (χ4n) is 2.51. The molecule has 0 atom stereocenters. The quantitative estimate of drug-likeness (QED) is 0.889. The minimum atomic E-state index is -0.845. The molecule has 1 saturated carbocycles. The summed E-state index contributed by atoms with van der Waals surface area (Å²) < 4.78 is 0.852. The highest BCUT2D eigenvalue weighted by molar-refractivity contribution is 9.10. The zero-order chi connectivity index (χ0) is 13.9. The van der Waals surface area contributed by atoms with Gasteiger partial charge in [-0.25, -0.2) is 0 Å². The molecule has 2 rings (SSSR count). The molecule has 100 valence electrons. The summed E-state index contributed by atoms with van der Waals surface area (Å²) in [5.41, 5.74) is 1.01. The highest BCUT2D eigenvalue weighted by Gasteiger charge is 2.39. The normalized spacial score (nSPS) is 17.5. The Morgan fingerprint density at radius 1 is 1.37 bits per heavy atom. The van der Waals surface area contributed by atoms with Crippen LogP contribution in [-0.2, 0) is 4.79 Å². The summed E-state index contributed by atoms with van der Waals surface area (Å²) in [4.78, 5) is 12.4. The summed E-state index contributed by atoms with van der Waals surface area (Å²) >= 11 is 3.44. The van der Waals surface area contributed by atoms with Gasteiger partial charge in [-0.05, 0) is 53.4 Å². The first-order valence-electron chi connectivity index (χ1n) is 6.56. The molecule has 0 radical (unpaired) electrons. The number of hydrogen-bond donors (Lipinski definition) is 1. The average Bonchev–Trinajstić information content (AvgIpc) is 2.42. The zero-order valence-corrected chi connectivity index (χ0v) is 12.6. The number of nitrogens with zero attached hydrogens (tertiary/aromatic N) is 1. The maximum atomic E-state index is 12.4. The van der Waals surface area contributed by atoms with Crippen LogP contribution in [0.5, 0.6) is 0 Å². The van der Waals surface area contributed by atoms with Gasteiger partial charge in [-0.2, -0.15) is 5.26 Å². The van der Waals surface area contributed by atoms with E-state index in [1.54, 1.807) is 0 Å². The molecule has 19 heavy (non-hydrogen) atoms. The third-order valence-corrected chi connectivity index (χ3v) is 4.38. The molecule has 0 saturated heterocycles. The van der Waals surface area contributed by atoms with E-state index in [1.165, 1.54) is 0 Å². The first-order valence-corrected chi connectivity index (χ1v) is 7.35. The Labute approximate surface area is 122 Å². The van der Waals surface area contributed by atoms with E-state index >= 15 is 0 Å². The van der Waals surface area contributed by atoms with Crippen LogP contribution in [0.2, 0.25) is 0 Å². The molecule has 0 unspecified atom stereocenters. The maximum Gasteiger partial charge on any atom is 0.244 e. The molecule has 1 amide bonds. The number of aryl methyl sites for hydroxylation is 1. The number of benzene rings is 1. The number of nitrogens with one attached hydrogen (secondary N) is 1. The Morgan fingerprint density at radius 3 is 2.63 bits per heavy atom. The van der Waals surface area contributed by atoms with E-state index < -0.39 is 5.41 Å². The van der Waals surface area contributed by atoms with Gasteiger partial charge in [0.1, 0.15) is 5.41 Å². The predicted molar refractivity (Wildman–Crippen MR) is 78.6 cm³/mol. The molecular weight excluding hydrogens is 304 g/mol. The van der Waals surface area contributed by atoms with Crippen LogP contribution in [0.1, 0.15) is 37.7 Å². The van der Waals surface area contributed by atoms with E-state index in [1.807, 2.05) is 25.1 Å². The molecule has 0 aliphatic heterocycles. The van der Waals surface area contributed by atoms with E-state index in [4.69, 9.17) is 0 Å². The Hall–Kier alpha value is -1.34. The summed E-state index contributed by atoms with van der Waals surface area (Å²) in [7, 11) is 0. The third-order valence-electron chi connectivity index (χ3n) is 3.73. The second-order valence-corrected chi connectivity index (χ2v) is 6.05. The molecule has 1 N–H and O–H groups in total. The van der Waals surface area contributed by atoms with Crippen molar-refractivity contribution in [3.8, 4) is 6.07 Å². The Balaban J connectivity index is 2.18. The van der Waals surface area contributed by atoms with Gasteiger partial charge in [0.15, 0.2) is 0 Å². The van der Waals surface area contributed by atoms with Gasteiger partial charge in [-0.1, -0.05) is 25.3 Å². The lowest BCUT2D eigenvalue weighted by atomic mass is 9.74. The zero-order valence-electron chi connectivity index (χ0n) is 11.0. The molecule has 1 aliphatic carbocycles. The Bertz CT molecular complexity index is 527. The highest BCUT2D eigenvalue weighted by atomic mass is 79.9. The van der Waals surface area contributed by atoms with Crippen molar-refractivity contribution in [2.45, 2.75) is 39.0 Å². The standard InChI is InChI=1S/C15H17BrN2O/c1-11-5-6-13(12(16)9-11)18-14(19)15(10-17)7-3-2-4-8-15/h5-6,9H,2-4,7-8H2,1H3,(H,18,19). The molecule has 1 fully saturated rings. The second kappa shape index (κ2) is 5.75. The number of halogens is 1. The molecule has 0 bridgehead atoms. The minimum Gasteiger partial charge on any atom is -0.324 e. The summed E-state index contributed by atoms with van der Waals surface area (Å²) in [6.45, 7) is 1.99. The maximum absolute atomic E-state index is 12.4. The van der Waals surface area contributed by atoms with E-state index in [0.29, 0.717) is 12.8 Å². The average molecular weight is 321 g/mol. The lowest BCUT2D eigenvalue weighted by molar-refractivity contribution is -0.124. The van der Waals surface area contributed by atoms with Crippen LogP contribution in [0.4, 0.5) is 5.69 Å². The molecule has 0 heterocycles. The van der Waals surface area contributed by atoms with Crippen molar-refractivity contribution < 1.29 is 4.79 Å². The van der Waals surface area contributed by atoms with Crippen molar-refractivity contribution in [2.75, 3.05) is 5.32 Å². The lowest BCUT2D eigenvalue weighted by Gasteiger charge is -2.29. The number of carbonyl (C=O) groups is 1. The molecule has 4 heteroatoms. The van der Waals surface area contributed by atoms with Gasteiger partial charge in [0, 0.05) is 4.47 Å². The highest BCUT2D eigenvalue weighted by Crippen LogP contribution is 2.37. The Kier molecular flexibility index (Phi) is 4.26. The third kappa shape index (κ3) is 2.98. The van der Waals surface area contributed by atoms with Crippen LogP contribution in [0.3, 0.4) is 0 Å². The molecule has 1 aromatic carbocycles. The summed E-state index contributed by atoms with van der Waals surface area (Å²) in [5, 5.41) is 12.3. The molecular formula is C15H17BrN2O. The van der Waals surface area contributed by atoms with Gasteiger partial charge < -0.3 is 5.32 Å². The van der Waals surface area contributed by atoms with Crippen LogP contribution in [0.15, 0.2) is 22.7 Å². The summed E-state index contributed by atoms with van der Waals surface area (Å²) in [6, 6.07) is 8.01. The predicted octanol–water partition coefficient (Wildman–Crippen LogP) is 4.17. The van der Waals surface area contributed by atoms with Crippen LogP contribution >= 0.6 is 15.9 Å². The smallest absolute Gasteiger partial charge is 0.244 e. The van der Waals surface area contributed by atoms with Crippen LogP contribution < -0.4 is 5.32 Å². The topological polar surface area (TPSA) is 52.9 Å². The molecule has 1 aromatic rings. The number of hydrogen-bond acceptors (Lipinski definition) is 2. The molecule has 3 nitrogen and oxygen atoms in total. The first-order chi connectivity index (χ1) is 9.07. The van der Waals surface area contributed by atoms with Crippen molar-refractivity contribution in [3.05, 3.63) is 28.2 Å². The fraction of sp³-hybridized carbons (Fsp3) is 0.467. The van der Waals surface area contributed by atoms with Crippen molar-refractivity contribution in [3.63, 3.8) is 0 Å². The largest absolute Gasteiger partial charge is 0.324 e. The van der Waals surface area contributed by atoms with Crippen LogP contribution in [0, 0.1) is 23.7 Å². The lowest BCUT2D eigenvalue weighted by Crippen LogP contribution is -2.36. The van der Waals surface area contributed by atoms with E-state index in [-0.39, 0.29) is 5.91 Å². The van der Waals surface area contributed by atoms with Crippen molar-refractivity contribution in [2.24, 2.45) is 5.41 Å². The van der Waals surface area contributed by atoms with E-state index in [9.17, 15) is 10.1 Å². The number of nitriles is 1. The van der Waals surface area contributed by atoms with Crippen molar-refractivity contribution in [1.82, 2.24) is 0 Å². The van der Waals surface area contributed by atoms with Crippen molar-refractivity contribution >= 4 is 27.5 Å². The van der Waals surface area contributed by atoms with Gasteiger partial charge in [-0.3, -0.25) is 4.79 Å². The molecule has 0 aromatic heterocycles. The SMILES string of the molecule is Cc1ccc(NC(=O)C2(C#N)CCCCC2)c(Br)c1. The summed E-state index contributed by atoms with van der Waals surface area (Å²) in [6.07, 6.45) is 4.36. The number of amides is 1. The first kappa shape index (κ1) is 14.1. The van der Waals surface area contributed by atoms with Crippen molar-refractivity contribution in [1.29, 1.82) is 5.26 Å². The monoisotopic (exact) mass is 320 g/mol. The van der Waals surface area contributed by atoms with Crippen LogP contribution in [0.25, 0.3) is 0 Å². The van der Waals surface area contributed by atoms with Gasteiger partial charge in [0.25, 0.3) is 0 Å². The number of anilines is 1. The van der Waals surface area contributed by atoms with Gasteiger partial charge >= 0.3 is 0 Å². The number of carbonyl (C=O) groups excluding carboxylic acids is 1. The Morgan fingerprint density at radius 2 is 2.05 bits per heavy atom. The van der Waals surface area contributed by atoms with E-state index in [0.717, 1.165) is 35.0 Å².